The summed E-state index contributed by atoms with van der Waals surface area (Å²) in [6, 6.07) is 0. The maximum Gasteiger partial charge on any atom is 0.404 e. The summed E-state index contributed by atoms with van der Waals surface area (Å²) in [6.45, 7) is -0.154. The molecule has 2 fully saturated rings. The number of ether oxygens (including phenoxy) is 3. The maximum absolute atomic E-state index is 13.6. The highest BCUT2D eigenvalue weighted by Gasteiger charge is 2.60. The molecule has 0 aromatic carbocycles. The third kappa shape index (κ3) is 4.90. The number of carbonyl (C=O) groups excluding carboxylic acids is 1. The monoisotopic (exact) mass is 424 g/mol. The minimum atomic E-state index is -5.17. The first-order valence-electron chi connectivity index (χ1n) is 8.99. The van der Waals surface area contributed by atoms with Crippen molar-refractivity contribution in [1.82, 2.24) is 0 Å². The second kappa shape index (κ2) is 8.33. The van der Waals surface area contributed by atoms with Crippen molar-refractivity contribution in [3.8, 4) is 0 Å². The number of rotatable bonds is 6. The molecule has 5 atom stereocenters. The van der Waals surface area contributed by atoms with Gasteiger partial charge in [-0.05, 0) is 26.7 Å². The summed E-state index contributed by atoms with van der Waals surface area (Å²) in [4.78, 5) is 12.0. The lowest BCUT2D eigenvalue weighted by molar-refractivity contribution is -0.267. The number of alkyl halides is 7. The topological polar surface area (TPSA) is 44.8 Å². The molecule has 0 spiro atoms. The minimum Gasteiger partial charge on any atom is -0.458 e. The van der Waals surface area contributed by atoms with Crippen LogP contribution in [0.5, 0.6) is 0 Å². The van der Waals surface area contributed by atoms with Crippen LogP contribution in [-0.4, -0.2) is 55.5 Å². The van der Waals surface area contributed by atoms with Crippen LogP contribution >= 0.6 is 0 Å². The summed E-state index contributed by atoms with van der Waals surface area (Å²) in [6.07, 6.45) is -9.78. The summed E-state index contributed by atoms with van der Waals surface area (Å²) < 4.78 is 106. The van der Waals surface area contributed by atoms with Gasteiger partial charge in [-0.1, -0.05) is 12.8 Å². The van der Waals surface area contributed by atoms with Crippen molar-refractivity contribution in [3.63, 3.8) is 0 Å². The van der Waals surface area contributed by atoms with E-state index in [0.717, 1.165) is 12.8 Å². The Hall–Kier alpha value is -1.10. The van der Waals surface area contributed by atoms with E-state index in [2.05, 4.69) is 4.74 Å². The summed E-state index contributed by atoms with van der Waals surface area (Å²) in [5.74, 6) is -6.79. The molecule has 1 heterocycles. The van der Waals surface area contributed by atoms with Crippen LogP contribution in [-0.2, 0) is 19.0 Å². The van der Waals surface area contributed by atoms with E-state index < -0.39 is 61.2 Å². The third-order valence-electron chi connectivity index (χ3n) is 5.31. The summed E-state index contributed by atoms with van der Waals surface area (Å²) in [5, 5.41) is 0. The lowest BCUT2D eigenvalue weighted by atomic mass is 9.81. The van der Waals surface area contributed by atoms with Gasteiger partial charge in [0.2, 0.25) is 0 Å². The molecule has 0 aromatic heterocycles. The number of fused-ring (bicyclic) bond motifs is 1. The van der Waals surface area contributed by atoms with E-state index in [1.165, 1.54) is 6.92 Å². The Balaban J connectivity index is 2.12. The standard InChI is InChI=1S/C17H23F7O4/c1-9-12(28-11-6-4-3-5-10(11)27-9)7-15(2,17(22,23)24)14(25)26-8-16(20,21)13(18)19/h9-13H,3-8H2,1-2H3. The van der Waals surface area contributed by atoms with E-state index >= 15 is 0 Å². The first-order valence-corrected chi connectivity index (χ1v) is 8.99. The van der Waals surface area contributed by atoms with Gasteiger partial charge in [-0.2, -0.15) is 22.0 Å². The first-order chi connectivity index (χ1) is 12.8. The molecule has 5 unspecified atom stereocenters. The number of hydrogen-bond donors (Lipinski definition) is 0. The van der Waals surface area contributed by atoms with E-state index in [9.17, 15) is 35.5 Å². The fourth-order valence-electron chi connectivity index (χ4n) is 3.39. The Labute approximate surface area is 157 Å². The van der Waals surface area contributed by atoms with E-state index in [0.29, 0.717) is 19.8 Å². The smallest absolute Gasteiger partial charge is 0.404 e. The minimum absolute atomic E-state index is 0.242. The van der Waals surface area contributed by atoms with Crippen LogP contribution in [0.3, 0.4) is 0 Å². The second-order valence-electron chi connectivity index (χ2n) is 7.55. The largest absolute Gasteiger partial charge is 0.458 e. The molecule has 164 valence electrons. The third-order valence-corrected chi connectivity index (χ3v) is 5.31. The number of halogens is 7. The Bertz CT molecular complexity index is 554. The molecule has 2 aliphatic rings. The summed E-state index contributed by atoms with van der Waals surface area (Å²) >= 11 is 0. The molecular weight excluding hydrogens is 401 g/mol. The molecule has 0 amide bonds. The van der Waals surface area contributed by atoms with Crippen molar-refractivity contribution in [2.24, 2.45) is 5.41 Å². The summed E-state index contributed by atoms with van der Waals surface area (Å²) in [5.41, 5.74) is -3.21. The van der Waals surface area contributed by atoms with Crippen LogP contribution in [0.15, 0.2) is 0 Å². The molecule has 0 N–H and O–H groups in total. The number of carbonyl (C=O) groups is 1. The Morgan fingerprint density at radius 1 is 1.07 bits per heavy atom. The Morgan fingerprint density at radius 2 is 1.61 bits per heavy atom. The number of esters is 1. The zero-order valence-electron chi connectivity index (χ0n) is 15.4. The van der Waals surface area contributed by atoms with E-state index in [1.807, 2.05) is 0 Å². The van der Waals surface area contributed by atoms with Gasteiger partial charge in [-0.3, -0.25) is 4.79 Å². The molecule has 1 aliphatic heterocycles. The van der Waals surface area contributed by atoms with Gasteiger partial charge in [0.15, 0.2) is 12.0 Å². The van der Waals surface area contributed by atoms with Crippen LogP contribution in [0.25, 0.3) is 0 Å². The molecule has 0 bridgehead atoms. The molecule has 0 aromatic rings. The van der Waals surface area contributed by atoms with Gasteiger partial charge in [0.1, 0.15) is 0 Å². The zero-order chi connectivity index (χ0) is 21.3. The molecule has 2 rings (SSSR count). The summed E-state index contributed by atoms with van der Waals surface area (Å²) in [7, 11) is 0. The van der Waals surface area contributed by atoms with Crippen LogP contribution in [0.2, 0.25) is 0 Å². The highest BCUT2D eigenvalue weighted by molar-refractivity contribution is 5.77. The predicted molar refractivity (Wildman–Crippen MR) is 82.2 cm³/mol. The predicted octanol–water partition coefficient (Wildman–Crippen LogP) is 4.50. The highest BCUT2D eigenvalue weighted by atomic mass is 19.4. The Kier molecular flexibility index (Phi) is 6.90. The average Bonchev–Trinajstić information content (AvgIpc) is 2.59. The van der Waals surface area contributed by atoms with E-state index in [-0.39, 0.29) is 6.10 Å². The van der Waals surface area contributed by atoms with Crippen molar-refractivity contribution in [1.29, 1.82) is 0 Å². The fourth-order valence-corrected chi connectivity index (χ4v) is 3.39. The molecule has 1 saturated heterocycles. The molecule has 1 aliphatic carbocycles. The van der Waals surface area contributed by atoms with E-state index in [1.54, 1.807) is 0 Å². The van der Waals surface area contributed by atoms with Crippen LogP contribution in [0.4, 0.5) is 30.7 Å². The molecule has 4 nitrogen and oxygen atoms in total. The zero-order valence-corrected chi connectivity index (χ0v) is 15.4. The van der Waals surface area contributed by atoms with Gasteiger partial charge in [0, 0.05) is 6.42 Å². The molecule has 0 radical (unpaired) electrons. The van der Waals surface area contributed by atoms with Crippen molar-refractivity contribution in [2.75, 3.05) is 6.61 Å². The molecule has 11 heteroatoms. The van der Waals surface area contributed by atoms with Gasteiger partial charge >= 0.3 is 24.5 Å². The second-order valence-corrected chi connectivity index (χ2v) is 7.55. The SMILES string of the molecule is CC1OC2CCCCC2OC1CC(C)(C(=O)OCC(F)(F)C(F)F)C(F)(F)F. The normalized spacial score (nSPS) is 31.2. The molecular formula is C17H23F7O4. The Morgan fingerprint density at radius 3 is 2.11 bits per heavy atom. The van der Waals surface area contributed by atoms with Gasteiger partial charge in [-0.25, -0.2) is 8.78 Å². The van der Waals surface area contributed by atoms with Crippen molar-refractivity contribution >= 4 is 5.97 Å². The fraction of sp³-hybridized carbons (Fsp3) is 0.941. The van der Waals surface area contributed by atoms with Crippen LogP contribution in [0, 0.1) is 5.41 Å². The first kappa shape index (κ1) is 23.2. The van der Waals surface area contributed by atoms with Crippen molar-refractivity contribution in [3.05, 3.63) is 0 Å². The van der Waals surface area contributed by atoms with Gasteiger partial charge in [0.05, 0.1) is 24.4 Å². The molecule has 1 saturated carbocycles. The average molecular weight is 424 g/mol. The lowest BCUT2D eigenvalue weighted by Gasteiger charge is -2.45. The highest BCUT2D eigenvalue weighted by Crippen LogP contribution is 2.46. The lowest BCUT2D eigenvalue weighted by Crippen LogP contribution is -2.54. The molecule has 28 heavy (non-hydrogen) atoms. The number of hydrogen-bond acceptors (Lipinski definition) is 4. The van der Waals surface area contributed by atoms with Crippen molar-refractivity contribution < 1.29 is 49.7 Å². The van der Waals surface area contributed by atoms with Gasteiger partial charge in [0.25, 0.3) is 0 Å². The quantitative estimate of drug-likeness (QED) is 0.465. The van der Waals surface area contributed by atoms with Gasteiger partial charge < -0.3 is 14.2 Å². The van der Waals surface area contributed by atoms with Gasteiger partial charge in [-0.15, -0.1) is 0 Å². The van der Waals surface area contributed by atoms with E-state index in [4.69, 9.17) is 9.47 Å². The van der Waals surface area contributed by atoms with Crippen LogP contribution < -0.4 is 0 Å². The van der Waals surface area contributed by atoms with Crippen LogP contribution in [0.1, 0.15) is 46.0 Å². The van der Waals surface area contributed by atoms with Crippen molar-refractivity contribution in [2.45, 2.75) is 88.9 Å². The maximum atomic E-state index is 13.6.